The molecule has 3 rings (SSSR count). The van der Waals surface area contributed by atoms with Crippen LogP contribution in [0.5, 0.6) is 0 Å². The molecule has 2 aliphatic rings. The quantitative estimate of drug-likeness (QED) is 0.899. The third-order valence-corrected chi connectivity index (χ3v) is 4.80. The summed E-state index contributed by atoms with van der Waals surface area (Å²) in [4.78, 5) is 26.9. The van der Waals surface area contributed by atoms with Gasteiger partial charge in [-0.15, -0.1) is 0 Å². The van der Waals surface area contributed by atoms with Gasteiger partial charge in [0.05, 0.1) is 5.92 Å². The highest BCUT2D eigenvalue weighted by Gasteiger charge is 2.52. The second-order valence-electron chi connectivity index (χ2n) is 7.88. The molecule has 0 spiro atoms. The Morgan fingerprint density at radius 1 is 1.17 bits per heavy atom. The van der Waals surface area contributed by atoms with Gasteiger partial charge in [-0.1, -0.05) is 17.7 Å². The van der Waals surface area contributed by atoms with Crippen LogP contribution in [0.25, 0.3) is 0 Å². The van der Waals surface area contributed by atoms with Crippen LogP contribution in [0.1, 0.15) is 45.6 Å². The third kappa shape index (κ3) is 3.40. The Labute approximate surface area is 143 Å². The van der Waals surface area contributed by atoms with Crippen molar-refractivity contribution in [2.75, 3.05) is 5.32 Å². The van der Waals surface area contributed by atoms with Crippen molar-refractivity contribution in [1.82, 2.24) is 4.90 Å². The highest BCUT2D eigenvalue weighted by molar-refractivity contribution is 5.94. The van der Waals surface area contributed by atoms with Gasteiger partial charge in [0.1, 0.15) is 5.60 Å². The second-order valence-corrected chi connectivity index (χ2v) is 7.88. The molecular weight excluding hydrogens is 304 g/mol. The van der Waals surface area contributed by atoms with Gasteiger partial charge in [-0.3, -0.25) is 4.79 Å². The van der Waals surface area contributed by atoms with Crippen molar-refractivity contribution in [3.8, 4) is 0 Å². The normalized spacial score (nSPS) is 25.7. The molecule has 1 N–H and O–H groups in total. The smallest absolute Gasteiger partial charge is 0.410 e. The summed E-state index contributed by atoms with van der Waals surface area (Å²) >= 11 is 0. The molecule has 130 valence electrons. The molecular formula is C19H26N2O3. The van der Waals surface area contributed by atoms with E-state index in [0.29, 0.717) is 0 Å². The molecule has 0 aliphatic carbocycles. The number of rotatable bonds is 2. The SMILES string of the molecule is Cc1ccc(NC(=O)C2CC3CCC2N3C(=O)OC(C)(C)C)cc1. The van der Waals surface area contributed by atoms with E-state index in [9.17, 15) is 9.59 Å². The molecule has 5 heteroatoms. The summed E-state index contributed by atoms with van der Waals surface area (Å²) in [7, 11) is 0. The first-order valence-corrected chi connectivity index (χ1v) is 8.63. The first-order valence-electron chi connectivity index (χ1n) is 8.63. The van der Waals surface area contributed by atoms with Gasteiger partial charge in [0.25, 0.3) is 0 Å². The van der Waals surface area contributed by atoms with E-state index in [1.807, 2.05) is 52.0 Å². The van der Waals surface area contributed by atoms with Gasteiger partial charge >= 0.3 is 6.09 Å². The maximum Gasteiger partial charge on any atom is 0.410 e. The minimum absolute atomic E-state index is 0.000360. The van der Waals surface area contributed by atoms with E-state index in [4.69, 9.17) is 4.74 Å². The van der Waals surface area contributed by atoms with Gasteiger partial charge in [0, 0.05) is 17.8 Å². The van der Waals surface area contributed by atoms with Gasteiger partial charge in [-0.05, 0) is 59.1 Å². The van der Waals surface area contributed by atoms with E-state index in [-0.39, 0.29) is 30.0 Å². The lowest BCUT2D eigenvalue weighted by Gasteiger charge is -2.28. The largest absolute Gasteiger partial charge is 0.444 e. The molecule has 0 aromatic heterocycles. The van der Waals surface area contributed by atoms with Crippen LogP contribution in [0, 0.1) is 12.8 Å². The molecule has 3 unspecified atom stereocenters. The lowest BCUT2D eigenvalue weighted by molar-refractivity contribution is -0.120. The molecule has 2 bridgehead atoms. The number of nitrogens with one attached hydrogen (secondary N) is 1. The third-order valence-electron chi connectivity index (χ3n) is 4.80. The molecule has 2 amide bonds. The van der Waals surface area contributed by atoms with E-state index < -0.39 is 5.60 Å². The Morgan fingerprint density at radius 2 is 1.83 bits per heavy atom. The standard InChI is InChI=1S/C19H26N2O3/c1-12-5-7-13(8-6-12)20-17(22)15-11-14-9-10-16(15)21(14)18(23)24-19(2,3)4/h5-8,14-16H,9-11H2,1-4H3,(H,20,22). The number of aryl methyl sites for hydroxylation is 1. The Kier molecular flexibility index (Phi) is 4.28. The first kappa shape index (κ1) is 16.8. The van der Waals surface area contributed by atoms with Gasteiger partial charge in [-0.2, -0.15) is 0 Å². The maximum atomic E-state index is 12.7. The molecule has 2 heterocycles. The van der Waals surface area contributed by atoms with Crippen molar-refractivity contribution >= 4 is 17.7 Å². The van der Waals surface area contributed by atoms with E-state index in [2.05, 4.69) is 5.32 Å². The van der Waals surface area contributed by atoms with Gasteiger partial charge in [0.2, 0.25) is 5.91 Å². The minimum atomic E-state index is -0.515. The van der Waals surface area contributed by atoms with Crippen LogP contribution in [0.3, 0.4) is 0 Å². The topological polar surface area (TPSA) is 58.6 Å². The molecule has 2 aliphatic heterocycles. The monoisotopic (exact) mass is 330 g/mol. The van der Waals surface area contributed by atoms with Crippen molar-refractivity contribution in [1.29, 1.82) is 0 Å². The molecule has 3 atom stereocenters. The van der Waals surface area contributed by atoms with Crippen molar-refractivity contribution in [3.05, 3.63) is 29.8 Å². The van der Waals surface area contributed by atoms with Gasteiger partial charge < -0.3 is 15.0 Å². The van der Waals surface area contributed by atoms with Crippen LogP contribution in [-0.2, 0) is 9.53 Å². The van der Waals surface area contributed by atoms with E-state index >= 15 is 0 Å². The number of amides is 2. The van der Waals surface area contributed by atoms with Crippen LogP contribution < -0.4 is 5.32 Å². The fourth-order valence-corrected chi connectivity index (χ4v) is 3.74. The number of carbonyl (C=O) groups excluding carboxylic acids is 2. The minimum Gasteiger partial charge on any atom is -0.444 e. The Hall–Kier alpha value is -2.04. The molecule has 2 fully saturated rings. The zero-order valence-corrected chi connectivity index (χ0v) is 14.8. The van der Waals surface area contributed by atoms with Crippen molar-refractivity contribution < 1.29 is 14.3 Å². The predicted octanol–water partition coefficient (Wildman–Crippen LogP) is 3.72. The maximum absolute atomic E-state index is 12.7. The Bertz CT molecular complexity index is 633. The average molecular weight is 330 g/mol. The van der Waals surface area contributed by atoms with Crippen LogP contribution >= 0.6 is 0 Å². The zero-order valence-electron chi connectivity index (χ0n) is 14.8. The van der Waals surface area contributed by atoms with Crippen molar-refractivity contribution in [2.24, 2.45) is 5.92 Å². The average Bonchev–Trinajstić information content (AvgIpc) is 3.05. The summed E-state index contributed by atoms with van der Waals surface area (Å²) < 4.78 is 5.52. The molecule has 1 aromatic rings. The second kappa shape index (κ2) is 6.11. The van der Waals surface area contributed by atoms with Crippen molar-refractivity contribution in [2.45, 2.75) is 64.6 Å². The van der Waals surface area contributed by atoms with E-state index in [0.717, 1.165) is 30.5 Å². The lowest BCUT2D eigenvalue weighted by Crippen LogP contribution is -2.42. The molecule has 1 aromatic carbocycles. The number of hydrogen-bond acceptors (Lipinski definition) is 3. The summed E-state index contributed by atoms with van der Waals surface area (Å²) in [6.07, 6.45) is 2.26. The lowest BCUT2D eigenvalue weighted by atomic mass is 9.88. The van der Waals surface area contributed by atoms with Crippen LogP contribution in [0.15, 0.2) is 24.3 Å². The van der Waals surface area contributed by atoms with E-state index in [1.165, 1.54) is 0 Å². The predicted molar refractivity (Wildman–Crippen MR) is 92.8 cm³/mol. The number of benzene rings is 1. The molecule has 0 radical (unpaired) electrons. The van der Waals surface area contributed by atoms with Crippen LogP contribution in [-0.4, -0.2) is 34.6 Å². The number of nitrogens with zero attached hydrogens (tertiary/aromatic N) is 1. The number of fused-ring (bicyclic) bond motifs is 2. The summed E-state index contributed by atoms with van der Waals surface area (Å²) in [5, 5.41) is 2.99. The number of ether oxygens (including phenoxy) is 1. The van der Waals surface area contributed by atoms with Gasteiger partial charge in [-0.25, -0.2) is 4.79 Å². The summed E-state index contributed by atoms with van der Waals surface area (Å²) in [5.74, 6) is -0.155. The molecule has 2 saturated heterocycles. The zero-order chi connectivity index (χ0) is 17.5. The summed E-state index contributed by atoms with van der Waals surface area (Å²) in [5.41, 5.74) is 1.44. The highest BCUT2D eigenvalue weighted by atomic mass is 16.6. The number of hydrogen-bond donors (Lipinski definition) is 1. The fourth-order valence-electron chi connectivity index (χ4n) is 3.74. The molecule has 24 heavy (non-hydrogen) atoms. The van der Waals surface area contributed by atoms with Gasteiger partial charge in [0.15, 0.2) is 0 Å². The number of carbonyl (C=O) groups is 2. The summed E-state index contributed by atoms with van der Waals surface area (Å²) in [6.45, 7) is 7.61. The Balaban J connectivity index is 1.67. The van der Waals surface area contributed by atoms with E-state index in [1.54, 1.807) is 4.90 Å². The molecule has 5 nitrogen and oxygen atoms in total. The first-order chi connectivity index (χ1) is 11.2. The summed E-state index contributed by atoms with van der Waals surface area (Å²) in [6, 6.07) is 7.85. The van der Waals surface area contributed by atoms with Crippen LogP contribution in [0.4, 0.5) is 10.5 Å². The van der Waals surface area contributed by atoms with Crippen LogP contribution in [0.2, 0.25) is 0 Å². The fraction of sp³-hybridized carbons (Fsp3) is 0.579. The molecule has 0 saturated carbocycles. The number of anilines is 1. The van der Waals surface area contributed by atoms with Crippen molar-refractivity contribution in [3.63, 3.8) is 0 Å². The Morgan fingerprint density at radius 3 is 2.46 bits per heavy atom. The highest BCUT2D eigenvalue weighted by Crippen LogP contribution is 2.42.